The standard InChI is InChI=1S/C16H18ClFO4/c1-2-3-4-5-11-21-14(19)9-10-15(20)22-16-12(17)7-6-8-13(16)18/h3-4,6-8H,2,5,9-11H2,1H3/b4-3-. The summed E-state index contributed by atoms with van der Waals surface area (Å²) in [6, 6.07) is 3.94. The van der Waals surface area contributed by atoms with E-state index in [0.29, 0.717) is 6.42 Å². The van der Waals surface area contributed by atoms with E-state index in [0.717, 1.165) is 12.5 Å². The summed E-state index contributed by atoms with van der Waals surface area (Å²) in [7, 11) is 0. The molecule has 1 rings (SSSR count). The summed E-state index contributed by atoms with van der Waals surface area (Å²) in [4.78, 5) is 23.0. The van der Waals surface area contributed by atoms with Crippen LogP contribution < -0.4 is 4.74 Å². The van der Waals surface area contributed by atoms with E-state index in [4.69, 9.17) is 21.1 Å². The molecule has 0 saturated heterocycles. The van der Waals surface area contributed by atoms with Gasteiger partial charge in [-0.1, -0.05) is 36.7 Å². The number of allylic oxidation sites excluding steroid dienone is 1. The van der Waals surface area contributed by atoms with Crippen molar-refractivity contribution in [3.8, 4) is 5.75 Å². The second-order valence-corrected chi connectivity index (χ2v) is 4.82. The van der Waals surface area contributed by atoms with Gasteiger partial charge >= 0.3 is 11.9 Å². The molecule has 0 atom stereocenters. The molecule has 0 saturated carbocycles. The quantitative estimate of drug-likeness (QED) is 0.312. The van der Waals surface area contributed by atoms with E-state index < -0.39 is 17.8 Å². The van der Waals surface area contributed by atoms with Crippen molar-refractivity contribution < 1.29 is 23.5 Å². The average molecular weight is 329 g/mol. The monoisotopic (exact) mass is 328 g/mol. The third-order valence-corrected chi connectivity index (χ3v) is 2.92. The normalized spacial score (nSPS) is 10.7. The second kappa shape index (κ2) is 9.95. The summed E-state index contributed by atoms with van der Waals surface area (Å²) in [5.74, 6) is -2.30. The zero-order valence-corrected chi connectivity index (χ0v) is 13.1. The molecular weight excluding hydrogens is 311 g/mol. The maximum absolute atomic E-state index is 13.4. The van der Waals surface area contributed by atoms with Crippen LogP contribution in [0.5, 0.6) is 5.75 Å². The summed E-state index contributed by atoms with van der Waals surface area (Å²) in [6.07, 6.45) is 5.13. The fraction of sp³-hybridized carbons (Fsp3) is 0.375. The first kappa shape index (κ1) is 18.2. The van der Waals surface area contributed by atoms with Gasteiger partial charge in [-0.3, -0.25) is 9.59 Å². The van der Waals surface area contributed by atoms with Gasteiger partial charge in [0, 0.05) is 0 Å². The van der Waals surface area contributed by atoms with E-state index in [1.807, 2.05) is 19.1 Å². The van der Waals surface area contributed by atoms with E-state index >= 15 is 0 Å². The van der Waals surface area contributed by atoms with E-state index in [1.165, 1.54) is 12.1 Å². The van der Waals surface area contributed by atoms with Crippen molar-refractivity contribution >= 4 is 23.5 Å². The Morgan fingerprint density at radius 2 is 1.95 bits per heavy atom. The van der Waals surface area contributed by atoms with Crippen molar-refractivity contribution in [1.29, 1.82) is 0 Å². The fourth-order valence-electron chi connectivity index (χ4n) is 1.55. The molecule has 0 aliphatic carbocycles. The molecule has 120 valence electrons. The molecule has 1 aromatic rings. The SMILES string of the molecule is CC/C=C\CCOC(=O)CCC(=O)Oc1c(F)cccc1Cl. The first-order valence-corrected chi connectivity index (χ1v) is 7.37. The first-order valence-electron chi connectivity index (χ1n) is 7.00. The Morgan fingerprint density at radius 3 is 2.64 bits per heavy atom. The number of esters is 2. The van der Waals surface area contributed by atoms with Crippen molar-refractivity contribution in [3.63, 3.8) is 0 Å². The van der Waals surface area contributed by atoms with Crippen LogP contribution in [0.2, 0.25) is 5.02 Å². The first-order chi connectivity index (χ1) is 10.5. The number of para-hydroxylation sites is 1. The third kappa shape index (κ3) is 6.72. The van der Waals surface area contributed by atoms with E-state index in [-0.39, 0.29) is 30.2 Å². The van der Waals surface area contributed by atoms with Crippen molar-refractivity contribution in [2.45, 2.75) is 32.6 Å². The molecule has 0 aliphatic rings. The highest BCUT2D eigenvalue weighted by molar-refractivity contribution is 6.32. The largest absolute Gasteiger partial charge is 0.465 e. The summed E-state index contributed by atoms with van der Waals surface area (Å²) in [5.41, 5.74) is 0. The van der Waals surface area contributed by atoms with Crippen LogP contribution >= 0.6 is 11.6 Å². The number of halogens is 2. The van der Waals surface area contributed by atoms with Gasteiger partial charge in [0.25, 0.3) is 0 Å². The topological polar surface area (TPSA) is 52.6 Å². The molecule has 6 heteroatoms. The molecule has 0 fully saturated rings. The van der Waals surface area contributed by atoms with Gasteiger partial charge in [-0.25, -0.2) is 4.39 Å². The van der Waals surface area contributed by atoms with Gasteiger partial charge in [0.15, 0.2) is 11.6 Å². The average Bonchev–Trinajstić information content (AvgIpc) is 2.49. The molecule has 1 aromatic carbocycles. The lowest BCUT2D eigenvalue weighted by Gasteiger charge is -2.07. The maximum atomic E-state index is 13.4. The molecule has 0 unspecified atom stereocenters. The van der Waals surface area contributed by atoms with Crippen LogP contribution in [0.15, 0.2) is 30.4 Å². The molecule has 0 aromatic heterocycles. The van der Waals surface area contributed by atoms with E-state index in [9.17, 15) is 14.0 Å². The van der Waals surface area contributed by atoms with Crippen LogP contribution in [0.3, 0.4) is 0 Å². The van der Waals surface area contributed by atoms with Gasteiger partial charge in [-0.2, -0.15) is 0 Å². The number of hydrogen-bond donors (Lipinski definition) is 0. The minimum Gasteiger partial charge on any atom is -0.465 e. The Kier molecular flexibility index (Phi) is 8.22. The van der Waals surface area contributed by atoms with Crippen molar-refractivity contribution in [2.24, 2.45) is 0 Å². The minimum absolute atomic E-state index is 0.00126. The molecule has 4 nitrogen and oxygen atoms in total. The molecule has 0 radical (unpaired) electrons. The Balaban J connectivity index is 2.31. The molecule has 0 bridgehead atoms. The minimum atomic E-state index is -0.741. The van der Waals surface area contributed by atoms with Gasteiger partial charge in [0.1, 0.15) is 0 Å². The van der Waals surface area contributed by atoms with Crippen molar-refractivity contribution in [1.82, 2.24) is 0 Å². The Labute approximate surface area is 133 Å². The Hall–Kier alpha value is -1.88. The van der Waals surface area contributed by atoms with Crippen LogP contribution in [0.4, 0.5) is 4.39 Å². The molecule has 0 N–H and O–H groups in total. The molecule has 0 spiro atoms. The predicted molar refractivity (Wildman–Crippen MR) is 81.3 cm³/mol. The van der Waals surface area contributed by atoms with Gasteiger partial charge < -0.3 is 9.47 Å². The summed E-state index contributed by atoms with van der Waals surface area (Å²) < 4.78 is 23.2. The zero-order chi connectivity index (χ0) is 16.4. The molecule has 0 heterocycles. The Bertz CT molecular complexity index is 523. The van der Waals surface area contributed by atoms with Gasteiger partial charge in [-0.15, -0.1) is 0 Å². The highest BCUT2D eigenvalue weighted by Gasteiger charge is 2.14. The zero-order valence-electron chi connectivity index (χ0n) is 12.3. The number of rotatable bonds is 8. The number of ether oxygens (including phenoxy) is 2. The summed E-state index contributed by atoms with van der Waals surface area (Å²) >= 11 is 5.73. The van der Waals surface area contributed by atoms with Gasteiger partial charge in [0.2, 0.25) is 0 Å². The summed E-state index contributed by atoms with van der Waals surface area (Å²) in [6.45, 7) is 2.28. The third-order valence-electron chi connectivity index (χ3n) is 2.62. The predicted octanol–water partition coefficient (Wildman–Crippen LogP) is 4.06. The molecule has 0 aliphatic heterocycles. The number of carbonyl (C=O) groups is 2. The van der Waals surface area contributed by atoms with Gasteiger partial charge in [0.05, 0.1) is 24.5 Å². The van der Waals surface area contributed by atoms with Crippen molar-refractivity contribution in [3.05, 3.63) is 41.2 Å². The molecular formula is C16H18ClFO4. The lowest BCUT2D eigenvalue weighted by atomic mass is 10.3. The lowest BCUT2D eigenvalue weighted by Crippen LogP contribution is -2.13. The Morgan fingerprint density at radius 1 is 1.23 bits per heavy atom. The lowest BCUT2D eigenvalue weighted by molar-refractivity contribution is -0.146. The van der Waals surface area contributed by atoms with Crippen LogP contribution in [0.1, 0.15) is 32.6 Å². The van der Waals surface area contributed by atoms with E-state index in [1.54, 1.807) is 0 Å². The number of hydrogen-bond acceptors (Lipinski definition) is 4. The highest BCUT2D eigenvalue weighted by Crippen LogP contribution is 2.27. The van der Waals surface area contributed by atoms with Crippen LogP contribution in [0.25, 0.3) is 0 Å². The van der Waals surface area contributed by atoms with Crippen LogP contribution in [-0.2, 0) is 14.3 Å². The van der Waals surface area contributed by atoms with Crippen LogP contribution in [0, 0.1) is 5.82 Å². The van der Waals surface area contributed by atoms with Crippen molar-refractivity contribution in [2.75, 3.05) is 6.61 Å². The molecule has 0 amide bonds. The second-order valence-electron chi connectivity index (χ2n) is 4.41. The van der Waals surface area contributed by atoms with Gasteiger partial charge in [-0.05, 0) is 25.0 Å². The molecule has 22 heavy (non-hydrogen) atoms. The fourth-order valence-corrected chi connectivity index (χ4v) is 1.75. The van der Waals surface area contributed by atoms with E-state index in [2.05, 4.69) is 0 Å². The maximum Gasteiger partial charge on any atom is 0.311 e. The van der Waals surface area contributed by atoms with Crippen LogP contribution in [-0.4, -0.2) is 18.5 Å². The number of carbonyl (C=O) groups excluding carboxylic acids is 2. The number of benzene rings is 1. The summed E-state index contributed by atoms with van der Waals surface area (Å²) in [5, 5.41) is -0.00126. The smallest absolute Gasteiger partial charge is 0.311 e. The highest BCUT2D eigenvalue weighted by atomic mass is 35.5.